The van der Waals surface area contributed by atoms with Crippen LogP contribution in [-0.2, 0) is 4.79 Å². The molecule has 2 rings (SSSR count). The topological polar surface area (TPSA) is 49.0 Å². The van der Waals surface area contributed by atoms with Crippen molar-refractivity contribution in [3.8, 4) is 6.07 Å². The van der Waals surface area contributed by atoms with E-state index in [0.717, 1.165) is 25.9 Å². The maximum atomic E-state index is 11.2. The number of rotatable bonds is 1. The fourth-order valence-corrected chi connectivity index (χ4v) is 2.27. The zero-order valence-electron chi connectivity index (χ0n) is 9.39. The van der Waals surface area contributed by atoms with E-state index in [2.05, 4.69) is 6.07 Å². The van der Waals surface area contributed by atoms with E-state index in [1.54, 1.807) is 6.92 Å². The molecular formula is C12H15N3O. The monoisotopic (exact) mass is 217 g/mol. The third-order valence-electron chi connectivity index (χ3n) is 3.20. The fraction of sp³-hybridized carbons (Fsp3) is 0.500. The van der Waals surface area contributed by atoms with Crippen molar-refractivity contribution in [3.05, 3.63) is 24.0 Å². The van der Waals surface area contributed by atoms with Gasteiger partial charge in [-0.1, -0.05) is 0 Å². The molecule has 1 aromatic rings. The summed E-state index contributed by atoms with van der Waals surface area (Å²) >= 11 is 0. The van der Waals surface area contributed by atoms with Crippen LogP contribution in [0.1, 0.15) is 31.5 Å². The lowest BCUT2D eigenvalue weighted by molar-refractivity contribution is -0.130. The minimum Gasteiger partial charge on any atom is -0.343 e. The second-order valence-corrected chi connectivity index (χ2v) is 4.15. The Morgan fingerprint density at radius 3 is 2.75 bits per heavy atom. The summed E-state index contributed by atoms with van der Waals surface area (Å²) in [5.41, 5.74) is 0.710. The van der Waals surface area contributed by atoms with Crippen molar-refractivity contribution < 1.29 is 4.79 Å². The van der Waals surface area contributed by atoms with Crippen molar-refractivity contribution >= 4 is 5.91 Å². The van der Waals surface area contributed by atoms with Crippen LogP contribution < -0.4 is 0 Å². The van der Waals surface area contributed by atoms with E-state index in [9.17, 15) is 4.79 Å². The number of hydrogen-bond acceptors (Lipinski definition) is 2. The van der Waals surface area contributed by atoms with E-state index >= 15 is 0 Å². The Bertz CT molecular complexity index is 422. The Balaban J connectivity index is 2.05. The number of carbonyl (C=O) groups is 1. The largest absolute Gasteiger partial charge is 0.343 e. The first-order valence-corrected chi connectivity index (χ1v) is 5.55. The summed E-state index contributed by atoms with van der Waals surface area (Å²) in [6.07, 6.45) is 3.82. The van der Waals surface area contributed by atoms with Gasteiger partial charge in [0.2, 0.25) is 5.91 Å². The van der Waals surface area contributed by atoms with Crippen molar-refractivity contribution in [2.24, 2.45) is 0 Å². The molecule has 1 aromatic heterocycles. The highest BCUT2D eigenvalue weighted by molar-refractivity contribution is 5.73. The first-order chi connectivity index (χ1) is 7.72. The molecule has 16 heavy (non-hydrogen) atoms. The SMILES string of the molecule is CC(=O)N1CCC(n2cccc2C#N)CC1. The van der Waals surface area contributed by atoms with Gasteiger partial charge < -0.3 is 9.47 Å². The molecule has 1 saturated heterocycles. The van der Waals surface area contributed by atoms with Crippen LogP contribution in [0, 0.1) is 11.3 Å². The Labute approximate surface area is 95.1 Å². The molecule has 0 radical (unpaired) electrons. The van der Waals surface area contributed by atoms with Crippen LogP contribution in [0.2, 0.25) is 0 Å². The molecular weight excluding hydrogens is 202 g/mol. The van der Waals surface area contributed by atoms with E-state index in [0.29, 0.717) is 11.7 Å². The second kappa shape index (κ2) is 4.40. The van der Waals surface area contributed by atoms with E-state index in [1.165, 1.54) is 0 Å². The van der Waals surface area contributed by atoms with Gasteiger partial charge in [0.15, 0.2) is 0 Å². The zero-order valence-corrected chi connectivity index (χ0v) is 9.39. The molecule has 0 aliphatic carbocycles. The van der Waals surface area contributed by atoms with Gasteiger partial charge in [-0.2, -0.15) is 5.26 Å². The van der Waals surface area contributed by atoms with Crippen LogP contribution in [0.15, 0.2) is 18.3 Å². The summed E-state index contributed by atoms with van der Waals surface area (Å²) in [6.45, 7) is 3.20. The maximum Gasteiger partial charge on any atom is 0.219 e. The summed E-state index contributed by atoms with van der Waals surface area (Å²) in [5.74, 6) is 0.145. The van der Waals surface area contributed by atoms with Crippen LogP contribution in [0.25, 0.3) is 0 Å². The van der Waals surface area contributed by atoms with Gasteiger partial charge in [0.1, 0.15) is 11.8 Å². The van der Waals surface area contributed by atoms with Gasteiger partial charge in [0.05, 0.1) is 0 Å². The van der Waals surface area contributed by atoms with Gasteiger partial charge in [0.25, 0.3) is 0 Å². The van der Waals surface area contributed by atoms with Crippen molar-refractivity contribution in [3.63, 3.8) is 0 Å². The molecule has 84 valence electrons. The third kappa shape index (κ3) is 1.94. The number of amides is 1. The molecule has 0 spiro atoms. The summed E-state index contributed by atoms with van der Waals surface area (Å²) in [7, 11) is 0. The Morgan fingerprint density at radius 1 is 1.50 bits per heavy atom. The first kappa shape index (κ1) is 10.7. The predicted molar refractivity (Wildman–Crippen MR) is 59.7 cm³/mol. The lowest BCUT2D eigenvalue weighted by Gasteiger charge is -2.32. The van der Waals surface area contributed by atoms with E-state index in [4.69, 9.17) is 5.26 Å². The smallest absolute Gasteiger partial charge is 0.219 e. The highest BCUT2D eigenvalue weighted by Crippen LogP contribution is 2.24. The number of hydrogen-bond donors (Lipinski definition) is 0. The number of nitriles is 1. The Kier molecular flexibility index (Phi) is 2.95. The van der Waals surface area contributed by atoms with Crippen LogP contribution in [0.5, 0.6) is 0 Å². The summed E-state index contributed by atoms with van der Waals surface area (Å²) in [5, 5.41) is 8.94. The zero-order chi connectivity index (χ0) is 11.5. The van der Waals surface area contributed by atoms with E-state index in [-0.39, 0.29) is 5.91 Å². The van der Waals surface area contributed by atoms with Gasteiger partial charge in [-0.05, 0) is 25.0 Å². The normalized spacial score (nSPS) is 17.1. The van der Waals surface area contributed by atoms with Crippen molar-refractivity contribution in [1.29, 1.82) is 5.26 Å². The number of likely N-dealkylation sites (tertiary alicyclic amines) is 1. The van der Waals surface area contributed by atoms with Crippen LogP contribution >= 0.6 is 0 Å². The predicted octanol–water partition coefficient (Wildman–Crippen LogP) is 1.54. The van der Waals surface area contributed by atoms with Crippen molar-refractivity contribution in [2.75, 3.05) is 13.1 Å². The summed E-state index contributed by atoms with van der Waals surface area (Å²) in [4.78, 5) is 13.0. The molecule has 1 aliphatic heterocycles. The molecule has 4 heteroatoms. The molecule has 1 aliphatic rings. The number of piperidine rings is 1. The van der Waals surface area contributed by atoms with Crippen molar-refractivity contribution in [1.82, 2.24) is 9.47 Å². The van der Waals surface area contributed by atoms with Crippen molar-refractivity contribution in [2.45, 2.75) is 25.8 Å². The number of carbonyl (C=O) groups excluding carboxylic acids is 1. The Hall–Kier alpha value is -1.76. The molecule has 1 amide bonds. The van der Waals surface area contributed by atoms with E-state index < -0.39 is 0 Å². The van der Waals surface area contributed by atoms with Crippen LogP contribution in [-0.4, -0.2) is 28.5 Å². The lowest BCUT2D eigenvalue weighted by Crippen LogP contribution is -2.37. The molecule has 0 N–H and O–H groups in total. The quantitative estimate of drug-likeness (QED) is 0.716. The number of nitrogens with zero attached hydrogens (tertiary/aromatic N) is 3. The first-order valence-electron chi connectivity index (χ1n) is 5.55. The van der Waals surface area contributed by atoms with Gasteiger partial charge >= 0.3 is 0 Å². The maximum absolute atomic E-state index is 11.2. The molecule has 0 aromatic carbocycles. The molecule has 0 bridgehead atoms. The van der Waals surface area contributed by atoms with Crippen LogP contribution in [0.3, 0.4) is 0 Å². The van der Waals surface area contributed by atoms with Crippen LogP contribution in [0.4, 0.5) is 0 Å². The second-order valence-electron chi connectivity index (χ2n) is 4.15. The minimum absolute atomic E-state index is 0.145. The van der Waals surface area contributed by atoms with Gasteiger partial charge in [-0.25, -0.2) is 0 Å². The molecule has 1 fully saturated rings. The standard InChI is InChI=1S/C12H15N3O/c1-10(16)14-7-4-11(5-8-14)15-6-2-3-12(15)9-13/h2-3,6,11H,4-5,7-8H2,1H3. The van der Waals surface area contributed by atoms with Gasteiger partial charge in [-0.3, -0.25) is 4.79 Å². The average Bonchev–Trinajstić information content (AvgIpc) is 2.77. The molecule has 0 atom stereocenters. The highest BCUT2D eigenvalue weighted by atomic mass is 16.2. The minimum atomic E-state index is 0.145. The van der Waals surface area contributed by atoms with Gasteiger partial charge in [0, 0.05) is 32.3 Å². The third-order valence-corrected chi connectivity index (χ3v) is 3.20. The lowest BCUT2D eigenvalue weighted by atomic mass is 10.0. The molecule has 4 nitrogen and oxygen atoms in total. The summed E-state index contributed by atoms with van der Waals surface area (Å²) in [6, 6.07) is 6.28. The average molecular weight is 217 g/mol. The molecule has 0 saturated carbocycles. The number of aromatic nitrogens is 1. The Morgan fingerprint density at radius 2 is 2.19 bits per heavy atom. The van der Waals surface area contributed by atoms with E-state index in [1.807, 2.05) is 27.8 Å². The molecule has 2 heterocycles. The molecule has 0 unspecified atom stereocenters. The van der Waals surface area contributed by atoms with Gasteiger partial charge in [-0.15, -0.1) is 0 Å². The fourth-order valence-electron chi connectivity index (χ4n) is 2.27. The highest BCUT2D eigenvalue weighted by Gasteiger charge is 2.22. The summed E-state index contributed by atoms with van der Waals surface area (Å²) < 4.78 is 2.03.